The number of aromatic nitrogens is 2. The fourth-order valence-electron chi connectivity index (χ4n) is 2.31. The van der Waals surface area contributed by atoms with Gasteiger partial charge in [-0.3, -0.25) is 0 Å². The number of fused-ring (bicyclic) bond motifs is 1. The fraction of sp³-hybridized carbons (Fsp3) is 0.529. The molecule has 0 aliphatic heterocycles. The van der Waals surface area contributed by atoms with Crippen LogP contribution >= 0.6 is 0 Å². The van der Waals surface area contributed by atoms with E-state index in [-0.39, 0.29) is 12.1 Å². The van der Waals surface area contributed by atoms with E-state index in [4.69, 9.17) is 4.74 Å². The summed E-state index contributed by atoms with van der Waals surface area (Å²) in [6, 6.07) is 4.01. The average molecular weight is 318 g/mol. The second-order valence-corrected chi connectivity index (χ2v) is 6.60. The summed E-state index contributed by atoms with van der Waals surface area (Å²) in [5.74, 6) is 0. The van der Waals surface area contributed by atoms with Crippen LogP contribution in [0.2, 0.25) is 0 Å². The van der Waals surface area contributed by atoms with Crippen LogP contribution in [0.4, 0.5) is 4.79 Å². The van der Waals surface area contributed by atoms with Crippen molar-refractivity contribution in [2.24, 2.45) is 0 Å². The van der Waals surface area contributed by atoms with Crippen molar-refractivity contribution in [3.05, 3.63) is 30.1 Å². The number of alkyl carbamates (subject to hydrolysis) is 1. The quantitative estimate of drug-likeness (QED) is 0.765. The minimum atomic E-state index is -0.479. The van der Waals surface area contributed by atoms with Crippen LogP contribution in [0.25, 0.3) is 11.0 Å². The Morgan fingerprint density at radius 2 is 2.22 bits per heavy atom. The molecular formula is C17H26N4O2. The molecule has 2 rings (SSSR count). The van der Waals surface area contributed by atoms with Gasteiger partial charge in [-0.05, 0) is 44.9 Å². The second kappa shape index (κ2) is 7.46. The van der Waals surface area contributed by atoms with Gasteiger partial charge in [-0.2, -0.15) is 0 Å². The van der Waals surface area contributed by atoms with Crippen LogP contribution in [0.5, 0.6) is 0 Å². The van der Waals surface area contributed by atoms with E-state index in [1.807, 2.05) is 46.0 Å². The molecule has 3 N–H and O–H groups in total. The zero-order valence-corrected chi connectivity index (χ0v) is 14.3. The molecular weight excluding hydrogens is 292 g/mol. The van der Waals surface area contributed by atoms with Gasteiger partial charge in [0, 0.05) is 36.9 Å². The summed E-state index contributed by atoms with van der Waals surface area (Å²) >= 11 is 0. The van der Waals surface area contributed by atoms with Crippen molar-refractivity contribution in [2.45, 2.75) is 52.3 Å². The lowest BCUT2D eigenvalue weighted by Crippen LogP contribution is -2.43. The largest absolute Gasteiger partial charge is 0.444 e. The average Bonchev–Trinajstić information content (AvgIpc) is 2.88. The van der Waals surface area contributed by atoms with E-state index in [1.165, 1.54) is 5.56 Å². The van der Waals surface area contributed by atoms with Crippen LogP contribution in [-0.4, -0.2) is 34.2 Å². The molecule has 126 valence electrons. The molecule has 0 bridgehead atoms. The summed E-state index contributed by atoms with van der Waals surface area (Å²) in [7, 11) is 0. The summed E-state index contributed by atoms with van der Waals surface area (Å²) in [5, 5.41) is 7.40. The van der Waals surface area contributed by atoms with Crippen LogP contribution < -0.4 is 10.6 Å². The molecule has 0 saturated carbocycles. The van der Waals surface area contributed by atoms with Crippen LogP contribution in [0.1, 0.15) is 39.7 Å². The maximum atomic E-state index is 11.8. The second-order valence-electron chi connectivity index (χ2n) is 6.60. The monoisotopic (exact) mass is 318 g/mol. The summed E-state index contributed by atoms with van der Waals surface area (Å²) in [6.45, 7) is 9.02. The van der Waals surface area contributed by atoms with Gasteiger partial charge in [0.1, 0.15) is 11.2 Å². The number of carbonyl (C=O) groups is 1. The highest BCUT2D eigenvalue weighted by molar-refractivity contribution is 5.79. The molecule has 2 aromatic rings. The summed E-state index contributed by atoms with van der Waals surface area (Å²) in [4.78, 5) is 19.3. The van der Waals surface area contributed by atoms with Gasteiger partial charge in [0.15, 0.2) is 0 Å². The SMILES string of the molecule is CCC(CNCc1c[nH]c2ncccc12)NC(=O)OC(C)(C)C. The fourth-order valence-corrected chi connectivity index (χ4v) is 2.31. The number of pyridine rings is 1. The Labute approximate surface area is 137 Å². The van der Waals surface area contributed by atoms with Crippen LogP contribution in [0.3, 0.4) is 0 Å². The first-order chi connectivity index (χ1) is 10.9. The molecule has 6 heteroatoms. The van der Waals surface area contributed by atoms with Crippen LogP contribution in [0, 0.1) is 0 Å². The van der Waals surface area contributed by atoms with Crippen molar-refractivity contribution in [1.82, 2.24) is 20.6 Å². The number of rotatable bonds is 6. The molecule has 1 amide bonds. The summed E-state index contributed by atoms with van der Waals surface area (Å²) in [5.41, 5.74) is 1.58. The van der Waals surface area contributed by atoms with Crippen molar-refractivity contribution in [2.75, 3.05) is 6.54 Å². The van der Waals surface area contributed by atoms with Gasteiger partial charge < -0.3 is 20.4 Å². The number of carbonyl (C=O) groups excluding carboxylic acids is 1. The third kappa shape index (κ3) is 5.25. The number of hydrogen-bond acceptors (Lipinski definition) is 4. The highest BCUT2D eigenvalue weighted by atomic mass is 16.6. The van der Waals surface area contributed by atoms with Gasteiger partial charge in [0.25, 0.3) is 0 Å². The number of amides is 1. The van der Waals surface area contributed by atoms with Crippen LogP contribution in [0.15, 0.2) is 24.5 Å². The molecule has 2 aromatic heterocycles. The minimum absolute atomic E-state index is 0.0354. The molecule has 0 spiro atoms. The molecule has 0 saturated heterocycles. The first kappa shape index (κ1) is 17.3. The van der Waals surface area contributed by atoms with Gasteiger partial charge >= 0.3 is 6.09 Å². The van der Waals surface area contributed by atoms with E-state index >= 15 is 0 Å². The normalized spacial score (nSPS) is 13.0. The van der Waals surface area contributed by atoms with E-state index in [9.17, 15) is 4.79 Å². The van der Waals surface area contributed by atoms with Crippen molar-refractivity contribution in [3.63, 3.8) is 0 Å². The Morgan fingerprint density at radius 1 is 1.43 bits per heavy atom. The first-order valence-corrected chi connectivity index (χ1v) is 8.00. The molecule has 0 aliphatic rings. The maximum Gasteiger partial charge on any atom is 0.407 e. The van der Waals surface area contributed by atoms with E-state index in [2.05, 4.69) is 20.6 Å². The summed E-state index contributed by atoms with van der Waals surface area (Å²) in [6.07, 6.45) is 4.20. The number of nitrogens with zero attached hydrogens (tertiary/aromatic N) is 1. The number of H-pyrrole nitrogens is 1. The van der Waals surface area contributed by atoms with Crippen molar-refractivity contribution in [1.29, 1.82) is 0 Å². The lowest BCUT2D eigenvalue weighted by atomic mass is 10.2. The lowest BCUT2D eigenvalue weighted by Gasteiger charge is -2.23. The van der Waals surface area contributed by atoms with Crippen LogP contribution in [-0.2, 0) is 11.3 Å². The third-order valence-electron chi connectivity index (χ3n) is 3.46. The molecule has 6 nitrogen and oxygen atoms in total. The van der Waals surface area contributed by atoms with Crippen molar-refractivity contribution in [3.8, 4) is 0 Å². The zero-order valence-electron chi connectivity index (χ0n) is 14.3. The van der Waals surface area contributed by atoms with Gasteiger partial charge in [0.05, 0.1) is 0 Å². The number of ether oxygens (including phenoxy) is 1. The number of nitrogens with one attached hydrogen (secondary N) is 3. The summed E-state index contributed by atoms with van der Waals surface area (Å²) < 4.78 is 5.29. The van der Waals surface area contributed by atoms with Gasteiger partial charge in [-0.15, -0.1) is 0 Å². The van der Waals surface area contributed by atoms with Crippen molar-refractivity contribution >= 4 is 17.1 Å². The van der Waals surface area contributed by atoms with E-state index in [1.54, 1.807) is 6.20 Å². The molecule has 0 fully saturated rings. The highest BCUT2D eigenvalue weighted by Gasteiger charge is 2.18. The highest BCUT2D eigenvalue weighted by Crippen LogP contribution is 2.15. The molecule has 1 unspecified atom stereocenters. The first-order valence-electron chi connectivity index (χ1n) is 8.00. The Bertz CT molecular complexity index is 645. The Morgan fingerprint density at radius 3 is 2.91 bits per heavy atom. The van der Waals surface area contributed by atoms with E-state index < -0.39 is 5.60 Å². The van der Waals surface area contributed by atoms with E-state index in [0.29, 0.717) is 6.54 Å². The Balaban J connectivity index is 1.83. The standard InChI is InChI=1S/C17H26N4O2/c1-5-13(21-16(22)23-17(2,3)4)11-18-9-12-10-20-15-14(12)7-6-8-19-15/h6-8,10,13,18H,5,9,11H2,1-4H3,(H,19,20)(H,21,22). The van der Waals surface area contributed by atoms with Crippen molar-refractivity contribution < 1.29 is 9.53 Å². The number of aromatic amines is 1. The van der Waals surface area contributed by atoms with Gasteiger partial charge in [0.2, 0.25) is 0 Å². The molecule has 0 aliphatic carbocycles. The predicted molar refractivity (Wildman–Crippen MR) is 91.2 cm³/mol. The molecule has 0 radical (unpaired) electrons. The molecule has 0 aromatic carbocycles. The lowest BCUT2D eigenvalue weighted by molar-refractivity contribution is 0.0502. The maximum absolute atomic E-state index is 11.8. The molecule has 23 heavy (non-hydrogen) atoms. The van der Waals surface area contributed by atoms with Gasteiger partial charge in [-0.1, -0.05) is 6.92 Å². The number of hydrogen-bond donors (Lipinski definition) is 3. The Hall–Kier alpha value is -2.08. The topological polar surface area (TPSA) is 79.0 Å². The smallest absolute Gasteiger partial charge is 0.407 e. The third-order valence-corrected chi connectivity index (χ3v) is 3.46. The molecule has 2 heterocycles. The zero-order chi connectivity index (χ0) is 16.9. The predicted octanol–water partition coefficient (Wildman–Crippen LogP) is 2.96. The van der Waals surface area contributed by atoms with E-state index in [0.717, 1.165) is 24.0 Å². The minimum Gasteiger partial charge on any atom is -0.444 e. The molecule has 1 atom stereocenters. The Kier molecular flexibility index (Phi) is 5.60. The van der Waals surface area contributed by atoms with Gasteiger partial charge in [-0.25, -0.2) is 9.78 Å².